The summed E-state index contributed by atoms with van der Waals surface area (Å²) in [7, 11) is 4.16. The van der Waals surface area contributed by atoms with Crippen molar-refractivity contribution in [3.05, 3.63) is 54.4 Å². The molecule has 1 aromatic heterocycles. The minimum Gasteiger partial charge on any atom is -0.478 e. The van der Waals surface area contributed by atoms with E-state index in [9.17, 15) is 24.0 Å². The van der Waals surface area contributed by atoms with Gasteiger partial charge in [-0.25, -0.2) is 19.2 Å². The van der Waals surface area contributed by atoms with E-state index in [1.54, 1.807) is 24.5 Å². The van der Waals surface area contributed by atoms with Crippen LogP contribution < -0.4 is 10.6 Å². The normalized spacial score (nSPS) is 10.1. The number of nitrogens with zero attached hydrogens (tertiary/aromatic N) is 2. The zero-order valence-corrected chi connectivity index (χ0v) is 19.6. The summed E-state index contributed by atoms with van der Waals surface area (Å²) in [6.07, 6.45) is 7.58. The Labute approximate surface area is 202 Å². The summed E-state index contributed by atoms with van der Waals surface area (Å²) in [5.41, 5.74) is 0.661. The summed E-state index contributed by atoms with van der Waals surface area (Å²) in [4.78, 5) is 56.0. The third kappa shape index (κ3) is 27.9. The van der Waals surface area contributed by atoms with Gasteiger partial charge in [0.1, 0.15) is 0 Å². The Morgan fingerprint density at radius 3 is 1.60 bits per heavy atom. The lowest BCUT2D eigenvalue weighted by atomic mass is 10.2. The van der Waals surface area contributed by atoms with Crippen LogP contribution in [-0.2, 0) is 19.2 Å². The van der Waals surface area contributed by atoms with Crippen molar-refractivity contribution in [2.75, 3.05) is 40.3 Å². The molecule has 1 rings (SSSR count). The molecule has 0 aliphatic carbocycles. The smallest absolute Gasteiger partial charge is 0.328 e. The van der Waals surface area contributed by atoms with Gasteiger partial charge in [-0.1, -0.05) is 0 Å². The molecular formula is C22H32N4O9. The van der Waals surface area contributed by atoms with Crippen molar-refractivity contribution >= 4 is 29.8 Å². The number of nitrogens with one attached hydrogen (secondary N) is 2. The number of pyridine rings is 1. The average molecular weight is 497 g/mol. The quantitative estimate of drug-likeness (QED) is 0.160. The molecule has 1 heterocycles. The molecule has 0 radical (unpaired) electrons. The van der Waals surface area contributed by atoms with Crippen LogP contribution in [0.3, 0.4) is 0 Å². The van der Waals surface area contributed by atoms with E-state index in [4.69, 9.17) is 20.4 Å². The maximum atomic E-state index is 11.7. The van der Waals surface area contributed by atoms with Crippen molar-refractivity contribution in [3.8, 4) is 0 Å². The molecule has 0 aliphatic heterocycles. The van der Waals surface area contributed by atoms with Crippen LogP contribution in [0.25, 0.3) is 0 Å². The molecule has 35 heavy (non-hydrogen) atoms. The third-order valence-corrected chi connectivity index (χ3v) is 3.45. The van der Waals surface area contributed by atoms with E-state index in [0.29, 0.717) is 36.4 Å². The van der Waals surface area contributed by atoms with Crippen molar-refractivity contribution in [3.63, 3.8) is 0 Å². The molecule has 0 saturated carbocycles. The maximum Gasteiger partial charge on any atom is 0.328 e. The Bertz CT molecular complexity index is 775. The van der Waals surface area contributed by atoms with Crippen LogP contribution in [-0.4, -0.2) is 100 Å². The van der Waals surface area contributed by atoms with Crippen LogP contribution in [0.5, 0.6) is 0 Å². The molecule has 0 fully saturated rings. The van der Waals surface area contributed by atoms with Crippen LogP contribution in [0.1, 0.15) is 23.2 Å². The molecule has 13 nitrogen and oxygen atoms in total. The molecule has 0 bridgehead atoms. The molecule has 0 spiro atoms. The molecule has 0 saturated heterocycles. The summed E-state index contributed by atoms with van der Waals surface area (Å²) >= 11 is 0. The van der Waals surface area contributed by atoms with Crippen molar-refractivity contribution in [2.24, 2.45) is 0 Å². The Hall–Kier alpha value is -4.10. The number of aromatic nitrogens is 1. The Kier molecular flexibility index (Phi) is 20.5. The number of carboxylic acid groups (broad SMARTS) is 4. The predicted molar refractivity (Wildman–Crippen MR) is 126 cm³/mol. The number of carbonyl (C=O) groups is 5. The van der Waals surface area contributed by atoms with Crippen LogP contribution >= 0.6 is 0 Å². The highest BCUT2D eigenvalue weighted by atomic mass is 16.4. The van der Waals surface area contributed by atoms with Gasteiger partial charge >= 0.3 is 23.9 Å². The first-order chi connectivity index (χ1) is 16.5. The monoisotopic (exact) mass is 496 g/mol. The second kappa shape index (κ2) is 21.7. The Morgan fingerprint density at radius 2 is 1.20 bits per heavy atom. The second-order valence-corrected chi connectivity index (χ2v) is 6.77. The second-order valence-electron chi connectivity index (χ2n) is 6.77. The first-order valence-corrected chi connectivity index (χ1v) is 10.3. The van der Waals surface area contributed by atoms with E-state index in [0.717, 1.165) is 32.5 Å². The van der Waals surface area contributed by atoms with E-state index < -0.39 is 23.9 Å². The summed E-state index contributed by atoms with van der Waals surface area (Å²) in [6.45, 7) is 3.76. The Morgan fingerprint density at radius 1 is 0.771 bits per heavy atom. The molecule has 0 aliphatic rings. The van der Waals surface area contributed by atoms with Gasteiger partial charge < -0.3 is 36.0 Å². The fourth-order valence-electron chi connectivity index (χ4n) is 1.95. The van der Waals surface area contributed by atoms with Crippen molar-refractivity contribution in [2.45, 2.75) is 12.8 Å². The SMILES string of the molecule is CN(C)CCCNCCCNC(=O)c1ccncc1.O=C(O)/C=C/C(=O)O.O=C(O)/C=C/C(=O)O. The van der Waals surface area contributed by atoms with E-state index >= 15 is 0 Å². The molecule has 6 N–H and O–H groups in total. The number of carbonyl (C=O) groups excluding carboxylic acids is 1. The number of carboxylic acids is 4. The fourth-order valence-corrected chi connectivity index (χ4v) is 1.95. The van der Waals surface area contributed by atoms with Crippen LogP contribution in [0.15, 0.2) is 48.8 Å². The number of amides is 1. The molecule has 0 unspecified atom stereocenters. The highest BCUT2D eigenvalue weighted by molar-refractivity contribution is 5.94. The summed E-state index contributed by atoms with van der Waals surface area (Å²) in [6, 6.07) is 3.43. The summed E-state index contributed by atoms with van der Waals surface area (Å²) in [5.74, 6) is -5.06. The predicted octanol–water partition coefficient (Wildman–Crippen LogP) is 0.166. The number of aliphatic carboxylic acids is 4. The minimum absolute atomic E-state index is 0.0324. The van der Waals surface area contributed by atoms with E-state index in [2.05, 4.69) is 34.6 Å². The largest absolute Gasteiger partial charge is 0.478 e. The van der Waals surface area contributed by atoms with E-state index in [1.165, 1.54) is 0 Å². The van der Waals surface area contributed by atoms with Crippen LogP contribution in [0.4, 0.5) is 0 Å². The topological polar surface area (TPSA) is 206 Å². The number of rotatable bonds is 13. The van der Waals surface area contributed by atoms with Gasteiger partial charge in [-0.05, 0) is 58.7 Å². The van der Waals surface area contributed by atoms with Crippen molar-refractivity contribution in [1.29, 1.82) is 0 Å². The van der Waals surface area contributed by atoms with Gasteiger partial charge in [0.05, 0.1) is 0 Å². The first kappa shape index (κ1) is 33.1. The standard InChI is InChI=1S/C14H24N4O.2C4H4O4/c1-18(2)12-4-8-15-7-3-9-17-14(19)13-5-10-16-11-6-13;2*5-3(6)1-2-4(7)8/h5-6,10-11,15H,3-4,7-9,12H2,1-2H3,(H,17,19);2*1-2H,(H,5,6)(H,7,8)/b;2*2-1+. The Balaban J connectivity index is 0. The van der Waals surface area contributed by atoms with E-state index in [1.807, 2.05) is 0 Å². The fraction of sp³-hybridized carbons (Fsp3) is 0.364. The van der Waals surface area contributed by atoms with Gasteiger partial charge in [0.2, 0.25) is 0 Å². The lowest BCUT2D eigenvalue weighted by Gasteiger charge is -2.10. The molecule has 1 aromatic rings. The van der Waals surface area contributed by atoms with E-state index in [-0.39, 0.29) is 5.91 Å². The molecule has 0 aromatic carbocycles. The molecular weight excluding hydrogens is 464 g/mol. The molecule has 13 heteroatoms. The molecule has 194 valence electrons. The number of hydrogen-bond acceptors (Lipinski definition) is 8. The first-order valence-electron chi connectivity index (χ1n) is 10.3. The van der Waals surface area contributed by atoms with Gasteiger partial charge in [-0.15, -0.1) is 0 Å². The van der Waals surface area contributed by atoms with Gasteiger partial charge in [0.15, 0.2) is 0 Å². The van der Waals surface area contributed by atoms with Gasteiger partial charge in [-0.2, -0.15) is 0 Å². The zero-order valence-electron chi connectivity index (χ0n) is 19.6. The van der Waals surface area contributed by atoms with Gasteiger partial charge in [-0.3, -0.25) is 9.78 Å². The minimum atomic E-state index is -1.26. The summed E-state index contributed by atoms with van der Waals surface area (Å²) < 4.78 is 0. The van der Waals surface area contributed by atoms with Gasteiger partial charge in [0, 0.05) is 48.8 Å². The molecule has 0 atom stereocenters. The molecule has 1 amide bonds. The third-order valence-electron chi connectivity index (χ3n) is 3.45. The number of hydrogen-bond donors (Lipinski definition) is 6. The lowest BCUT2D eigenvalue weighted by molar-refractivity contribution is -0.134. The van der Waals surface area contributed by atoms with Crippen LogP contribution in [0.2, 0.25) is 0 Å². The van der Waals surface area contributed by atoms with Gasteiger partial charge in [0.25, 0.3) is 5.91 Å². The van der Waals surface area contributed by atoms with Crippen molar-refractivity contribution < 1.29 is 44.4 Å². The van der Waals surface area contributed by atoms with Crippen LogP contribution in [0, 0.1) is 0 Å². The highest BCUT2D eigenvalue weighted by Gasteiger charge is 2.02. The maximum absolute atomic E-state index is 11.7. The average Bonchev–Trinajstić information content (AvgIpc) is 2.79. The highest BCUT2D eigenvalue weighted by Crippen LogP contribution is 1.95. The lowest BCUT2D eigenvalue weighted by Crippen LogP contribution is -2.28. The zero-order chi connectivity index (χ0) is 27.1. The van der Waals surface area contributed by atoms with Crippen molar-refractivity contribution in [1.82, 2.24) is 20.5 Å². The summed E-state index contributed by atoms with van der Waals surface area (Å²) in [5, 5.41) is 37.5.